The minimum Gasteiger partial charge on any atom is -0.463 e. The molecule has 2 aromatic heterocycles. The lowest BCUT2D eigenvalue weighted by atomic mass is 9.93. The highest BCUT2D eigenvalue weighted by atomic mass is 35.5. The zero-order valence-electron chi connectivity index (χ0n) is 21.3. The van der Waals surface area contributed by atoms with Crippen molar-refractivity contribution in [3.63, 3.8) is 0 Å². The van der Waals surface area contributed by atoms with Crippen LogP contribution < -0.4 is 14.9 Å². The van der Waals surface area contributed by atoms with Gasteiger partial charge < -0.3 is 9.30 Å². The molecule has 3 heterocycles. The van der Waals surface area contributed by atoms with E-state index < -0.39 is 12.0 Å². The molecule has 0 amide bonds. The van der Waals surface area contributed by atoms with Gasteiger partial charge in [0.25, 0.3) is 5.56 Å². The van der Waals surface area contributed by atoms with E-state index in [1.165, 1.54) is 11.3 Å². The van der Waals surface area contributed by atoms with Crippen LogP contribution in [0, 0.1) is 0 Å². The number of carbonyl (C=O) groups is 1. The number of thiazole rings is 1. The summed E-state index contributed by atoms with van der Waals surface area (Å²) in [6.07, 6.45) is 3.92. The molecule has 0 spiro atoms. The number of rotatable bonds is 5. The zero-order valence-corrected chi connectivity index (χ0v) is 22.9. The molecule has 3 aromatic carbocycles. The Hall–Kier alpha value is -4.20. The third-order valence-electron chi connectivity index (χ3n) is 6.77. The van der Waals surface area contributed by atoms with Gasteiger partial charge in [-0.2, -0.15) is 0 Å². The summed E-state index contributed by atoms with van der Waals surface area (Å²) in [5.74, 6) is -0.511. The molecule has 1 aliphatic heterocycles. The first-order chi connectivity index (χ1) is 19.0. The van der Waals surface area contributed by atoms with Crippen molar-refractivity contribution in [2.24, 2.45) is 12.0 Å². The minimum atomic E-state index is -0.734. The second kappa shape index (κ2) is 10.2. The third kappa shape index (κ3) is 4.43. The second-order valence-electron chi connectivity index (χ2n) is 9.20. The molecule has 1 atom stereocenters. The van der Waals surface area contributed by atoms with Gasteiger partial charge in [-0.15, -0.1) is 0 Å². The van der Waals surface area contributed by atoms with Crippen LogP contribution >= 0.6 is 22.9 Å². The quantitative estimate of drug-likeness (QED) is 0.285. The molecule has 0 N–H and O–H groups in total. The lowest BCUT2D eigenvalue weighted by molar-refractivity contribution is -0.138. The van der Waals surface area contributed by atoms with E-state index in [0.717, 1.165) is 27.6 Å². The Morgan fingerprint density at radius 3 is 2.51 bits per heavy atom. The van der Waals surface area contributed by atoms with Crippen molar-refractivity contribution in [3.8, 4) is 0 Å². The van der Waals surface area contributed by atoms with E-state index in [0.29, 0.717) is 25.6 Å². The van der Waals surface area contributed by atoms with Gasteiger partial charge in [0, 0.05) is 40.3 Å². The van der Waals surface area contributed by atoms with E-state index in [2.05, 4.69) is 0 Å². The molecule has 6 rings (SSSR count). The molecule has 5 aromatic rings. The second-order valence-corrected chi connectivity index (χ2v) is 10.6. The van der Waals surface area contributed by atoms with E-state index in [4.69, 9.17) is 21.3 Å². The zero-order chi connectivity index (χ0) is 27.1. The normalized spacial score (nSPS) is 15.4. The molecule has 194 valence electrons. The average molecular weight is 554 g/mol. The molecule has 0 bridgehead atoms. The van der Waals surface area contributed by atoms with Crippen LogP contribution in [0.2, 0.25) is 5.02 Å². The van der Waals surface area contributed by atoms with Crippen molar-refractivity contribution < 1.29 is 9.53 Å². The van der Waals surface area contributed by atoms with Crippen molar-refractivity contribution in [1.82, 2.24) is 9.13 Å². The summed E-state index contributed by atoms with van der Waals surface area (Å²) < 4.78 is 9.68. The number of fused-ring (bicyclic) bond motifs is 2. The number of carbonyl (C=O) groups excluding carboxylic acids is 1. The molecule has 8 heteroatoms. The van der Waals surface area contributed by atoms with Crippen LogP contribution in [0.1, 0.15) is 29.7 Å². The predicted molar refractivity (Wildman–Crippen MR) is 155 cm³/mol. The molecule has 0 aliphatic carbocycles. The molecule has 6 nitrogen and oxygen atoms in total. The maximum absolute atomic E-state index is 14.1. The lowest BCUT2D eigenvalue weighted by Crippen LogP contribution is -2.40. The number of hydrogen-bond acceptors (Lipinski definition) is 5. The van der Waals surface area contributed by atoms with Gasteiger partial charge in [-0.25, -0.2) is 9.79 Å². The monoisotopic (exact) mass is 553 g/mol. The standard InChI is InChI=1S/C31H24ClN3O3S/c1-3-38-30(37)26-27(19-9-5-4-6-10-19)33-31-35(28(26)20-13-15-22(32)16-14-20)29(36)25(39-31)17-21-18-34(2)24-12-8-7-11-23(21)24/h4-18,28H,3H2,1-2H3/b25-17-/t28-/m0/s1. The number of nitrogens with zero attached hydrogens (tertiary/aromatic N) is 3. The highest BCUT2D eigenvalue weighted by Crippen LogP contribution is 2.35. The van der Waals surface area contributed by atoms with Gasteiger partial charge >= 0.3 is 5.97 Å². The van der Waals surface area contributed by atoms with Crippen molar-refractivity contribution in [2.45, 2.75) is 13.0 Å². The van der Waals surface area contributed by atoms with E-state index in [1.807, 2.05) is 90.6 Å². The van der Waals surface area contributed by atoms with Gasteiger partial charge in [0.1, 0.15) is 0 Å². The highest BCUT2D eigenvalue weighted by Gasteiger charge is 2.35. The van der Waals surface area contributed by atoms with Crippen LogP contribution in [0.25, 0.3) is 22.7 Å². The number of halogens is 1. The Morgan fingerprint density at radius 2 is 1.77 bits per heavy atom. The number of aryl methyl sites for hydroxylation is 1. The van der Waals surface area contributed by atoms with Gasteiger partial charge in [-0.05, 0) is 36.8 Å². The summed E-state index contributed by atoms with van der Waals surface area (Å²) in [5.41, 5.74) is 4.11. The van der Waals surface area contributed by atoms with Crippen LogP contribution in [0.15, 0.2) is 100 Å². The molecule has 1 aliphatic rings. The van der Waals surface area contributed by atoms with Gasteiger partial charge in [0.2, 0.25) is 0 Å². The maximum atomic E-state index is 14.1. The fourth-order valence-electron chi connectivity index (χ4n) is 5.03. The Bertz CT molecular complexity index is 1930. The fraction of sp³-hybridized carbons (Fsp3) is 0.129. The highest BCUT2D eigenvalue weighted by molar-refractivity contribution is 7.07. The summed E-state index contributed by atoms with van der Waals surface area (Å²) in [7, 11) is 1.99. The molecule has 0 unspecified atom stereocenters. The van der Waals surface area contributed by atoms with Crippen molar-refractivity contribution >= 4 is 51.6 Å². The van der Waals surface area contributed by atoms with Crippen LogP contribution in [-0.4, -0.2) is 21.7 Å². The molecule has 0 saturated carbocycles. The Labute approximate surface area is 233 Å². The van der Waals surface area contributed by atoms with E-state index in [9.17, 15) is 9.59 Å². The molecular weight excluding hydrogens is 530 g/mol. The summed E-state index contributed by atoms with van der Waals surface area (Å²) in [6.45, 7) is 1.96. The summed E-state index contributed by atoms with van der Waals surface area (Å²) in [4.78, 5) is 33.0. The molecule has 0 saturated heterocycles. The van der Waals surface area contributed by atoms with E-state index >= 15 is 0 Å². The van der Waals surface area contributed by atoms with Gasteiger partial charge in [0.15, 0.2) is 4.80 Å². The number of para-hydroxylation sites is 1. The number of benzene rings is 3. The molecule has 39 heavy (non-hydrogen) atoms. The number of esters is 1. The smallest absolute Gasteiger partial charge is 0.338 e. The summed E-state index contributed by atoms with van der Waals surface area (Å²) in [6, 6.07) is 24.0. The maximum Gasteiger partial charge on any atom is 0.338 e. The number of hydrogen-bond donors (Lipinski definition) is 0. The van der Waals surface area contributed by atoms with Crippen LogP contribution in [0.4, 0.5) is 0 Å². The number of ether oxygens (including phenoxy) is 1. The largest absolute Gasteiger partial charge is 0.463 e. The topological polar surface area (TPSA) is 65.6 Å². The average Bonchev–Trinajstić information content (AvgIpc) is 3.44. The Balaban J connectivity index is 1.66. The van der Waals surface area contributed by atoms with Crippen LogP contribution in [0.5, 0.6) is 0 Å². The predicted octanol–water partition coefficient (Wildman–Crippen LogP) is 5.08. The van der Waals surface area contributed by atoms with Crippen molar-refractivity contribution in [2.75, 3.05) is 6.61 Å². The van der Waals surface area contributed by atoms with Crippen molar-refractivity contribution in [1.29, 1.82) is 0 Å². The molecular formula is C31H24ClN3O3S. The fourth-order valence-corrected chi connectivity index (χ4v) is 6.15. The van der Waals surface area contributed by atoms with Gasteiger partial charge in [-0.3, -0.25) is 9.36 Å². The van der Waals surface area contributed by atoms with E-state index in [-0.39, 0.29) is 12.2 Å². The van der Waals surface area contributed by atoms with Gasteiger partial charge in [-0.1, -0.05) is 83.6 Å². The van der Waals surface area contributed by atoms with Crippen LogP contribution in [-0.2, 0) is 16.6 Å². The Kier molecular flexibility index (Phi) is 6.54. The lowest BCUT2D eigenvalue weighted by Gasteiger charge is -2.25. The molecule has 0 radical (unpaired) electrons. The van der Waals surface area contributed by atoms with Crippen LogP contribution in [0.3, 0.4) is 0 Å². The van der Waals surface area contributed by atoms with Crippen molar-refractivity contribution in [3.05, 3.63) is 132 Å². The first-order valence-corrected chi connectivity index (χ1v) is 13.7. The minimum absolute atomic E-state index is 0.198. The first-order valence-electron chi connectivity index (χ1n) is 12.5. The Morgan fingerprint density at radius 1 is 1.05 bits per heavy atom. The summed E-state index contributed by atoms with van der Waals surface area (Å²) in [5, 5.41) is 1.62. The summed E-state index contributed by atoms with van der Waals surface area (Å²) >= 11 is 7.51. The first kappa shape index (κ1) is 25.1. The van der Waals surface area contributed by atoms with E-state index in [1.54, 1.807) is 23.6 Å². The SMILES string of the molecule is CCOC(=O)C1=C(c2ccccc2)N=c2s/c(=C\c3cn(C)c4ccccc34)c(=O)n2[C@H]1c1ccc(Cl)cc1. The van der Waals surface area contributed by atoms with Gasteiger partial charge in [0.05, 0.1) is 28.5 Å². The molecule has 0 fully saturated rings. The third-order valence-corrected chi connectivity index (χ3v) is 8.01. The number of aromatic nitrogens is 2.